The minimum absolute atomic E-state index is 0.234. The van der Waals surface area contributed by atoms with Gasteiger partial charge >= 0.3 is 0 Å². The van der Waals surface area contributed by atoms with Crippen molar-refractivity contribution in [3.8, 4) is 0 Å². The SMILES string of the molecule is O=C(CCc1cnccn1)N1CCC[C@H](N2CCN(c3cccc(Cl)c3)CC2)C1. The minimum atomic E-state index is 0.234. The molecule has 1 aromatic heterocycles. The molecule has 7 heteroatoms. The molecular formula is C22H28ClN5O. The van der Waals surface area contributed by atoms with Crippen molar-refractivity contribution < 1.29 is 4.79 Å². The van der Waals surface area contributed by atoms with E-state index in [1.165, 1.54) is 12.1 Å². The highest BCUT2D eigenvalue weighted by Gasteiger charge is 2.29. The quantitative estimate of drug-likeness (QED) is 0.754. The molecule has 154 valence electrons. The van der Waals surface area contributed by atoms with Gasteiger partial charge in [0.05, 0.1) is 5.69 Å². The van der Waals surface area contributed by atoms with Gasteiger partial charge in [-0.05, 0) is 37.5 Å². The highest BCUT2D eigenvalue weighted by atomic mass is 35.5. The molecule has 2 saturated heterocycles. The van der Waals surface area contributed by atoms with Crippen LogP contribution in [0.4, 0.5) is 5.69 Å². The number of carbonyl (C=O) groups excluding carboxylic acids is 1. The summed E-state index contributed by atoms with van der Waals surface area (Å²) in [6, 6.07) is 8.55. The molecular weight excluding hydrogens is 386 g/mol. The van der Waals surface area contributed by atoms with Crippen LogP contribution in [-0.4, -0.2) is 71.0 Å². The predicted octanol–water partition coefficient (Wildman–Crippen LogP) is 2.88. The Kier molecular flexibility index (Phi) is 6.62. The third kappa shape index (κ3) is 5.25. The summed E-state index contributed by atoms with van der Waals surface area (Å²) < 4.78 is 0. The van der Waals surface area contributed by atoms with Crippen molar-refractivity contribution in [1.29, 1.82) is 0 Å². The van der Waals surface area contributed by atoms with E-state index in [1.807, 2.05) is 23.1 Å². The van der Waals surface area contributed by atoms with Crippen molar-refractivity contribution in [2.75, 3.05) is 44.2 Å². The van der Waals surface area contributed by atoms with E-state index in [0.717, 1.165) is 56.4 Å². The van der Waals surface area contributed by atoms with Gasteiger partial charge in [-0.3, -0.25) is 19.7 Å². The third-order valence-electron chi connectivity index (χ3n) is 5.96. The molecule has 2 aliphatic heterocycles. The molecule has 2 aromatic rings. The summed E-state index contributed by atoms with van der Waals surface area (Å²) in [5, 5.41) is 0.785. The Hall–Kier alpha value is -2.18. The Morgan fingerprint density at radius 2 is 2.00 bits per heavy atom. The molecule has 1 atom stereocenters. The predicted molar refractivity (Wildman–Crippen MR) is 115 cm³/mol. The lowest BCUT2D eigenvalue weighted by molar-refractivity contribution is -0.133. The second-order valence-corrected chi connectivity index (χ2v) is 8.27. The fourth-order valence-corrected chi connectivity index (χ4v) is 4.53. The van der Waals surface area contributed by atoms with Crippen LogP contribution in [0.15, 0.2) is 42.9 Å². The van der Waals surface area contributed by atoms with Crippen LogP contribution >= 0.6 is 11.6 Å². The summed E-state index contributed by atoms with van der Waals surface area (Å²) >= 11 is 6.14. The van der Waals surface area contributed by atoms with Gasteiger partial charge in [0.15, 0.2) is 0 Å². The van der Waals surface area contributed by atoms with Gasteiger partial charge in [0.25, 0.3) is 0 Å². The zero-order chi connectivity index (χ0) is 20.1. The van der Waals surface area contributed by atoms with Crippen LogP contribution in [0, 0.1) is 0 Å². The summed E-state index contributed by atoms with van der Waals surface area (Å²) in [4.78, 5) is 28.1. The summed E-state index contributed by atoms with van der Waals surface area (Å²) in [5.74, 6) is 0.234. The third-order valence-corrected chi connectivity index (χ3v) is 6.20. The molecule has 0 saturated carbocycles. The number of aromatic nitrogens is 2. The fourth-order valence-electron chi connectivity index (χ4n) is 4.35. The van der Waals surface area contributed by atoms with Gasteiger partial charge in [-0.2, -0.15) is 0 Å². The number of rotatable bonds is 5. The molecule has 1 aromatic carbocycles. The van der Waals surface area contributed by atoms with Crippen molar-refractivity contribution in [2.24, 2.45) is 0 Å². The molecule has 4 rings (SSSR count). The average Bonchev–Trinajstić information content (AvgIpc) is 2.78. The number of anilines is 1. The molecule has 0 unspecified atom stereocenters. The van der Waals surface area contributed by atoms with Crippen LogP contribution < -0.4 is 4.90 Å². The molecule has 0 aliphatic carbocycles. The van der Waals surface area contributed by atoms with Crippen LogP contribution in [0.2, 0.25) is 5.02 Å². The number of hydrogen-bond acceptors (Lipinski definition) is 5. The Morgan fingerprint density at radius 3 is 2.76 bits per heavy atom. The largest absolute Gasteiger partial charge is 0.369 e. The van der Waals surface area contributed by atoms with Gasteiger partial charge in [0, 0.05) is 81.0 Å². The molecule has 1 amide bonds. The van der Waals surface area contributed by atoms with E-state index in [2.05, 4.69) is 25.8 Å². The van der Waals surface area contributed by atoms with Gasteiger partial charge in [-0.15, -0.1) is 0 Å². The Labute approximate surface area is 177 Å². The van der Waals surface area contributed by atoms with E-state index in [-0.39, 0.29) is 5.91 Å². The van der Waals surface area contributed by atoms with Gasteiger partial charge in [-0.25, -0.2) is 0 Å². The molecule has 2 aliphatic rings. The van der Waals surface area contributed by atoms with Gasteiger partial charge in [0.1, 0.15) is 0 Å². The molecule has 3 heterocycles. The number of aryl methyl sites for hydroxylation is 1. The van der Waals surface area contributed by atoms with Gasteiger partial charge < -0.3 is 9.80 Å². The van der Waals surface area contributed by atoms with Crippen molar-refractivity contribution in [3.05, 3.63) is 53.6 Å². The van der Waals surface area contributed by atoms with E-state index in [4.69, 9.17) is 11.6 Å². The lowest BCUT2D eigenvalue weighted by Gasteiger charge is -2.44. The van der Waals surface area contributed by atoms with Crippen molar-refractivity contribution >= 4 is 23.2 Å². The number of benzene rings is 1. The fraction of sp³-hybridized carbons (Fsp3) is 0.500. The number of nitrogens with zero attached hydrogens (tertiary/aromatic N) is 5. The maximum atomic E-state index is 12.7. The molecule has 0 spiro atoms. The zero-order valence-electron chi connectivity index (χ0n) is 16.7. The highest BCUT2D eigenvalue weighted by Crippen LogP contribution is 2.23. The van der Waals surface area contributed by atoms with Gasteiger partial charge in [-0.1, -0.05) is 17.7 Å². The second-order valence-electron chi connectivity index (χ2n) is 7.84. The van der Waals surface area contributed by atoms with Crippen LogP contribution in [0.5, 0.6) is 0 Å². The summed E-state index contributed by atoms with van der Waals surface area (Å²) in [5.41, 5.74) is 2.08. The van der Waals surface area contributed by atoms with E-state index < -0.39 is 0 Å². The number of amides is 1. The first kappa shape index (κ1) is 20.1. The number of carbonyl (C=O) groups is 1. The van der Waals surface area contributed by atoms with E-state index in [9.17, 15) is 4.79 Å². The zero-order valence-corrected chi connectivity index (χ0v) is 17.5. The van der Waals surface area contributed by atoms with E-state index in [0.29, 0.717) is 18.9 Å². The maximum Gasteiger partial charge on any atom is 0.223 e. The number of hydrogen-bond donors (Lipinski definition) is 0. The number of piperazine rings is 1. The van der Waals surface area contributed by atoms with E-state index >= 15 is 0 Å². The first-order valence-corrected chi connectivity index (χ1v) is 10.8. The summed E-state index contributed by atoms with van der Waals surface area (Å²) in [7, 11) is 0. The lowest BCUT2D eigenvalue weighted by atomic mass is 10.0. The molecule has 6 nitrogen and oxygen atoms in total. The molecule has 2 fully saturated rings. The standard InChI is InChI=1S/C22H28ClN5O/c23-18-3-1-4-20(15-18)26-11-13-27(14-12-26)21-5-2-10-28(17-21)22(29)7-6-19-16-24-8-9-25-19/h1,3-4,8-9,15-16,21H,2,5-7,10-14,17H2/t21-/m0/s1. The minimum Gasteiger partial charge on any atom is -0.369 e. The number of likely N-dealkylation sites (tertiary alicyclic amines) is 1. The second kappa shape index (κ2) is 9.55. The van der Waals surface area contributed by atoms with E-state index in [1.54, 1.807) is 18.6 Å². The number of piperidine rings is 1. The molecule has 0 radical (unpaired) electrons. The Bertz CT molecular complexity index is 810. The summed E-state index contributed by atoms with van der Waals surface area (Å²) in [6.45, 7) is 5.77. The van der Waals surface area contributed by atoms with Crippen molar-refractivity contribution in [3.63, 3.8) is 0 Å². The monoisotopic (exact) mass is 413 g/mol. The van der Waals surface area contributed by atoms with Crippen LogP contribution in [-0.2, 0) is 11.2 Å². The number of halogens is 1. The smallest absolute Gasteiger partial charge is 0.223 e. The average molecular weight is 414 g/mol. The molecule has 0 bridgehead atoms. The first-order valence-electron chi connectivity index (χ1n) is 10.5. The molecule has 0 N–H and O–H groups in total. The topological polar surface area (TPSA) is 52.6 Å². The summed E-state index contributed by atoms with van der Waals surface area (Å²) in [6.07, 6.45) is 8.50. The normalized spacial score (nSPS) is 20.7. The van der Waals surface area contributed by atoms with Crippen LogP contribution in [0.25, 0.3) is 0 Å². The van der Waals surface area contributed by atoms with Crippen molar-refractivity contribution in [2.45, 2.75) is 31.7 Å². The van der Waals surface area contributed by atoms with Crippen LogP contribution in [0.1, 0.15) is 25.0 Å². The highest BCUT2D eigenvalue weighted by molar-refractivity contribution is 6.30. The van der Waals surface area contributed by atoms with Gasteiger partial charge in [0.2, 0.25) is 5.91 Å². The maximum absolute atomic E-state index is 12.7. The van der Waals surface area contributed by atoms with Crippen LogP contribution in [0.3, 0.4) is 0 Å². The Balaban J connectivity index is 1.27. The first-order chi connectivity index (χ1) is 14.2. The Morgan fingerprint density at radius 1 is 1.14 bits per heavy atom. The lowest BCUT2D eigenvalue weighted by Crippen LogP contribution is -2.55. The van der Waals surface area contributed by atoms with Crippen molar-refractivity contribution in [1.82, 2.24) is 19.8 Å². The molecule has 29 heavy (non-hydrogen) atoms.